The molecule has 1 saturated heterocycles. The van der Waals surface area contributed by atoms with Crippen molar-refractivity contribution < 1.29 is 8.42 Å². The van der Waals surface area contributed by atoms with Crippen LogP contribution in [0.15, 0.2) is 34.1 Å². The number of benzene rings is 1. The summed E-state index contributed by atoms with van der Waals surface area (Å²) in [5, 5.41) is 3.22. The normalized spacial score (nSPS) is 16.9. The molecule has 0 atom stereocenters. The standard InChI is InChI=1S/C12H18N2O2S2.ClH/c1-17-11-4-2-3-5-12(11)18(15,16)14-10-6-8-13-9-7-10;/h2-5,10,13-14H,6-9H2,1H3;1H. The summed E-state index contributed by atoms with van der Waals surface area (Å²) >= 11 is 1.45. The summed E-state index contributed by atoms with van der Waals surface area (Å²) in [4.78, 5) is 1.18. The second-order valence-electron chi connectivity index (χ2n) is 4.30. The lowest BCUT2D eigenvalue weighted by Crippen LogP contribution is -2.42. The number of nitrogens with one attached hydrogen (secondary N) is 2. The smallest absolute Gasteiger partial charge is 0.241 e. The molecule has 1 aliphatic heterocycles. The highest BCUT2D eigenvalue weighted by Gasteiger charge is 2.23. The van der Waals surface area contributed by atoms with Crippen molar-refractivity contribution in [1.82, 2.24) is 10.0 Å². The number of sulfonamides is 1. The van der Waals surface area contributed by atoms with Crippen LogP contribution in [0.1, 0.15) is 12.8 Å². The molecule has 0 saturated carbocycles. The molecule has 0 bridgehead atoms. The Labute approximate surface area is 125 Å². The first kappa shape index (κ1) is 16.8. The Hall–Kier alpha value is -0.270. The van der Waals surface area contributed by atoms with Crippen molar-refractivity contribution in [1.29, 1.82) is 0 Å². The maximum atomic E-state index is 12.3. The van der Waals surface area contributed by atoms with Gasteiger partial charge < -0.3 is 5.32 Å². The van der Waals surface area contributed by atoms with E-state index < -0.39 is 10.0 Å². The number of hydrogen-bond acceptors (Lipinski definition) is 4. The summed E-state index contributed by atoms with van der Waals surface area (Å²) in [6, 6.07) is 7.16. The van der Waals surface area contributed by atoms with Crippen LogP contribution in [0.2, 0.25) is 0 Å². The summed E-state index contributed by atoms with van der Waals surface area (Å²) < 4.78 is 27.5. The molecule has 108 valence electrons. The summed E-state index contributed by atoms with van der Waals surface area (Å²) in [5.41, 5.74) is 0. The quantitative estimate of drug-likeness (QED) is 0.831. The predicted octanol–water partition coefficient (Wildman–Crippen LogP) is 1.86. The van der Waals surface area contributed by atoms with E-state index in [1.807, 2.05) is 18.4 Å². The lowest BCUT2D eigenvalue weighted by Gasteiger charge is -2.23. The molecule has 1 fully saturated rings. The van der Waals surface area contributed by atoms with E-state index in [9.17, 15) is 8.42 Å². The predicted molar refractivity (Wildman–Crippen MR) is 81.7 cm³/mol. The summed E-state index contributed by atoms with van der Waals surface area (Å²) in [7, 11) is -3.40. The second-order valence-corrected chi connectivity index (χ2v) is 6.83. The summed E-state index contributed by atoms with van der Waals surface area (Å²) in [6.45, 7) is 1.74. The Balaban J connectivity index is 0.00000180. The zero-order chi connectivity index (χ0) is 13.0. The molecule has 0 spiro atoms. The monoisotopic (exact) mass is 322 g/mol. The van der Waals surface area contributed by atoms with Gasteiger partial charge in [0.2, 0.25) is 10.0 Å². The fourth-order valence-electron chi connectivity index (χ4n) is 2.06. The third-order valence-corrected chi connectivity index (χ3v) is 5.52. The van der Waals surface area contributed by atoms with Crippen molar-refractivity contribution in [3.05, 3.63) is 24.3 Å². The first-order valence-electron chi connectivity index (χ1n) is 5.99. The number of hydrogen-bond donors (Lipinski definition) is 2. The van der Waals surface area contributed by atoms with Gasteiger partial charge in [-0.15, -0.1) is 24.2 Å². The number of halogens is 1. The fourth-order valence-corrected chi connectivity index (χ4v) is 4.52. The summed E-state index contributed by atoms with van der Waals surface area (Å²) in [6.07, 6.45) is 3.58. The van der Waals surface area contributed by atoms with E-state index in [0.717, 1.165) is 30.8 Å². The van der Waals surface area contributed by atoms with Crippen LogP contribution < -0.4 is 10.0 Å². The van der Waals surface area contributed by atoms with Gasteiger partial charge in [0.05, 0.1) is 4.90 Å². The maximum absolute atomic E-state index is 12.3. The Morgan fingerprint density at radius 2 is 1.89 bits per heavy atom. The molecule has 0 amide bonds. The molecule has 0 aliphatic carbocycles. The number of thioether (sulfide) groups is 1. The van der Waals surface area contributed by atoms with Crippen LogP contribution >= 0.6 is 24.2 Å². The number of rotatable bonds is 4. The van der Waals surface area contributed by atoms with Gasteiger partial charge in [-0.3, -0.25) is 0 Å². The highest BCUT2D eigenvalue weighted by molar-refractivity contribution is 7.99. The molecule has 2 N–H and O–H groups in total. The molecule has 0 unspecified atom stereocenters. The minimum atomic E-state index is -3.40. The topological polar surface area (TPSA) is 58.2 Å². The molecule has 0 aromatic heterocycles. The molecule has 4 nitrogen and oxygen atoms in total. The third kappa shape index (κ3) is 4.36. The molecular weight excluding hydrogens is 304 g/mol. The molecule has 0 radical (unpaired) electrons. The van der Waals surface area contributed by atoms with Crippen LogP contribution in [-0.4, -0.2) is 33.8 Å². The van der Waals surface area contributed by atoms with Crippen LogP contribution in [-0.2, 0) is 10.0 Å². The van der Waals surface area contributed by atoms with Crippen molar-refractivity contribution in [2.24, 2.45) is 0 Å². The van der Waals surface area contributed by atoms with Gasteiger partial charge in [0, 0.05) is 10.9 Å². The average Bonchev–Trinajstić information content (AvgIpc) is 2.39. The Morgan fingerprint density at radius 1 is 1.26 bits per heavy atom. The van der Waals surface area contributed by atoms with E-state index in [4.69, 9.17) is 0 Å². The van der Waals surface area contributed by atoms with Gasteiger partial charge in [-0.1, -0.05) is 12.1 Å². The zero-order valence-corrected chi connectivity index (χ0v) is 13.2. The van der Waals surface area contributed by atoms with Crippen molar-refractivity contribution in [3.63, 3.8) is 0 Å². The van der Waals surface area contributed by atoms with Gasteiger partial charge in [-0.2, -0.15) is 0 Å². The van der Waals surface area contributed by atoms with Gasteiger partial charge >= 0.3 is 0 Å². The van der Waals surface area contributed by atoms with Crippen LogP contribution in [0, 0.1) is 0 Å². The van der Waals surface area contributed by atoms with Gasteiger partial charge in [0.25, 0.3) is 0 Å². The number of piperidine rings is 1. The van der Waals surface area contributed by atoms with Crippen molar-refractivity contribution in [3.8, 4) is 0 Å². The minimum absolute atomic E-state index is 0. The van der Waals surface area contributed by atoms with Crippen molar-refractivity contribution in [2.45, 2.75) is 28.7 Å². The van der Waals surface area contributed by atoms with Crippen molar-refractivity contribution in [2.75, 3.05) is 19.3 Å². The van der Waals surface area contributed by atoms with Gasteiger partial charge in [0.1, 0.15) is 0 Å². The Morgan fingerprint density at radius 3 is 2.53 bits per heavy atom. The van der Waals surface area contributed by atoms with Crippen LogP contribution in [0.3, 0.4) is 0 Å². The average molecular weight is 323 g/mol. The lowest BCUT2D eigenvalue weighted by atomic mass is 10.1. The fraction of sp³-hybridized carbons (Fsp3) is 0.500. The molecule has 19 heavy (non-hydrogen) atoms. The van der Waals surface area contributed by atoms with E-state index in [1.54, 1.807) is 12.1 Å². The molecule has 1 heterocycles. The van der Waals surface area contributed by atoms with E-state index in [-0.39, 0.29) is 18.4 Å². The lowest BCUT2D eigenvalue weighted by molar-refractivity contribution is 0.426. The van der Waals surface area contributed by atoms with Crippen LogP contribution in [0.4, 0.5) is 0 Å². The van der Waals surface area contributed by atoms with E-state index >= 15 is 0 Å². The SMILES string of the molecule is CSc1ccccc1S(=O)(=O)NC1CCNCC1.Cl. The largest absolute Gasteiger partial charge is 0.317 e. The zero-order valence-electron chi connectivity index (χ0n) is 10.8. The van der Waals surface area contributed by atoms with Gasteiger partial charge in [-0.05, 0) is 44.3 Å². The van der Waals surface area contributed by atoms with Crippen LogP contribution in [0.25, 0.3) is 0 Å². The van der Waals surface area contributed by atoms with Gasteiger partial charge in [-0.25, -0.2) is 13.1 Å². The molecule has 7 heteroatoms. The van der Waals surface area contributed by atoms with Gasteiger partial charge in [0.15, 0.2) is 0 Å². The molecule has 1 aliphatic rings. The molecule has 2 rings (SSSR count). The third-order valence-electron chi connectivity index (χ3n) is 3.02. The second kappa shape index (κ2) is 7.50. The highest BCUT2D eigenvalue weighted by atomic mass is 35.5. The first-order chi connectivity index (χ1) is 8.63. The molecule has 1 aromatic rings. The first-order valence-corrected chi connectivity index (χ1v) is 8.70. The Bertz CT molecular complexity index is 502. The van der Waals surface area contributed by atoms with Crippen LogP contribution in [0.5, 0.6) is 0 Å². The molecular formula is C12H19ClN2O2S2. The van der Waals surface area contributed by atoms with E-state index in [1.165, 1.54) is 11.8 Å². The summed E-state index contributed by atoms with van der Waals surface area (Å²) in [5.74, 6) is 0. The highest BCUT2D eigenvalue weighted by Crippen LogP contribution is 2.24. The van der Waals surface area contributed by atoms with E-state index in [2.05, 4.69) is 10.0 Å². The maximum Gasteiger partial charge on any atom is 0.241 e. The Kier molecular flexibility index (Phi) is 6.62. The minimum Gasteiger partial charge on any atom is -0.317 e. The van der Waals surface area contributed by atoms with E-state index in [0.29, 0.717) is 4.90 Å². The molecule has 1 aromatic carbocycles. The van der Waals surface area contributed by atoms with Crippen molar-refractivity contribution >= 4 is 34.2 Å².